The Kier molecular flexibility index (Phi) is 4.37. The van der Waals surface area contributed by atoms with Gasteiger partial charge in [0, 0.05) is 21.8 Å². The molecule has 8 rings (SSSR count). The lowest BCUT2D eigenvalue weighted by Gasteiger charge is -2.25. The fraction of sp³-hybridized carbons (Fsp3) is 0.147. The van der Waals surface area contributed by atoms with Crippen LogP contribution in [0.4, 0.5) is 0 Å². The second-order valence-electron chi connectivity index (χ2n) is 10.9. The number of aromatic nitrogens is 4. The molecule has 38 heavy (non-hydrogen) atoms. The van der Waals surface area contributed by atoms with E-state index in [4.69, 9.17) is 15.0 Å². The molecule has 0 radical (unpaired) electrons. The van der Waals surface area contributed by atoms with Crippen LogP contribution in [0.2, 0.25) is 0 Å². The molecule has 8 bridgehead atoms. The maximum Gasteiger partial charge on any atom is 0.146 e. The molecule has 0 fully saturated rings. The van der Waals surface area contributed by atoms with Crippen LogP contribution in [0.25, 0.3) is 49.7 Å². The highest BCUT2D eigenvalue weighted by molar-refractivity contribution is 6.12. The Morgan fingerprint density at radius 3 is 2.37 bits per heavy atom. The summed E-state index contributed by atoms with van der Waals surface area (Å²) in [5, 5.41) is 2.29. The zero-order valence-electron chi connectivity index (χ0n) is 21.4. The van der Waals surface area contributed by atoms with Gasteiger partial charge in [-0.2, -0.15) is 0 Å². The standard InChI is InChI=1S/C34H26N4/c1-34(2)30-12-6-10-26(35-30)23-8-5-7-21(19-23)13-14-22-15-16-24-25(20-22)32-29(17-18-31(34)37-32)38-28-11-4-3-9-27(28)36-33(24)38/h3-12,15-20H,13-14H2,1-2H3. The van der Waals surface area contributed by atoms with Crippen molar-refractivity contribution in [3.8, 4) is 11.3 Å². The summed E-state index contributed by atoms with van der Waals surface area (Å²) in [5.74, 6) is 0. The monoisotopic (exact) mass is 490 g/mol. The van der Waals surface area contributed by atoms with Crippen molar-refractivity contribution in [1.82, 2.24) is 19.4 Å². The lowest BCUT2D eigenvalue weighted by molar-refractivity contribution is 0.599. The molecule has 1 aliphatic rings. The largest absolute Gasteiger partial charge is 0.290 e. The Morgan fingerprint density at radius 2 is 1.45 bits per heavy atom. The van der Waals surface area contributed by atoms with E-state index in [0.717, 1.165) is 74.0 Å². The zero-order chi connectivity index (χ0) is 25.4. The van der Waals surface area contributed by atoms with Crippen LogP contribution in [0.3, 0.4) is 0 Å². The van der Waals surface area contributed by atoms with Crippen molar-refractivity contribution in [2.24, 2.45) is 0 Å². The summed E-state index contributed by atoms with van der Waals surface area (Å²) in [7, 11) is 0. The van der Waals surface area contributed by atoms with Crippen LogP contribution in [0.5, 0.6) is 0 Å². The average Bonchev–Trinajstić information content (AvgIpc) is 3.35. The number of pyridine rings is 3. The molecule has 5 heterocycles. The maximum atomic E-state index is 5.40. The second kappa shape index (κ2) is 7.72. The lowest BCUT2D eigenvalue weighted by Crippen LogP contribution is -2.22. The Morgan fingerprint density at radius 1 is 0.632 bits per heavy atom. The second-order valence-corrected chi connectivity index (χ2v) is 10.9. The van der Waals surface area contributed by atoms with Gasteiger partial charge >= 0.3 is 0 Å². The molecule has 7 aromatic rings. The minimum Gasteiger partial charge on any atom is -0.290 e. The number of rotatable bonds is 0. The molecule has 4 heteroatoms. The summed E-state index contributed by atoms with van der Waals surface area (Å²) in [6.45, 7) is 4.45. The molecule has 4 aromatic heterocycles. The van der Waals surface area contributed by atoms with Gasteiger partial charge in [-0.25, -0.2) is 9.97 Å². The van der Waals surface area contributed by atoms with Crippen molar-refractivity contribution in [3.63, 3.8) is 0 Å². The Bertz CT molecular complexity index is 2070. The van der Waals surface area contributed by atoms with Crippen molar-refractivity contribution in [2.75, 3.05) is 0 Å². The molecule has 0 unspecified atom stereocenters. The van der Waals surface area contributed by atoms with E-state index < -0.39 is 0 Å². The van der Waals surface area contributed by atoms with Gasteiger partial charge in [-0.3, -0.25) is 9.38 Å². The summed E-state index contributed by atoms with van der Waals surface area (Å²) in [6, 6.07) is 34.8. The van der Waals surface area contributed by atoms with E-state index in [1.54, 1.807) is 0 Å². The minimum absolute atomic E-state index is 0.377. The van der Waals surface area contributed by atoms with E-state index in [9.17, 15) is 0 Å². The van der Waals surface area contributed by atoms with Crippen molar-refractivity contribution < 1.29 is 0 Å². The van der Waals surface area contributed by atoms with Gasteiger partial charge in [0.25, 0.3) is 0 Å². The Labute approximate surface area is 220 Å². The van der Waals surface area contributed by atoms with Gasteiger partial charge in [0.05, 0.1) is 39.1 Å². The molecule has 0 amide bonds. The highest BCUT2D eigenvalue weighted by atomic mass is 15.0. The number of para-hydroxylation sites is 2. The smallest absolute Gasteiger partial charge is 0.146 e. The lowest BCUT2D eigenvalue weighted by atomic mass is 9.84. The van der Waals surface area contributed by atoms with Crippen molar-refractivity contribution in [3.05, 3.63) is 120 Å². The molecule has 0 saturated heterocycles. The van der Waals surface area contributed by atoms with Crippen LogP contribution >= 0.6 is 0 Å². The van der Waals surface area contributed by atoms with Gasteiger partial charge in [-0.1, -0.05) is 48.5 Å². The quantitative estimate of drug-likeness (QED) is 0.205. The van der Waals surface area contributed by atoms with Crippen molar-refractivity contribution in [1.29, 1.82) is 0 Å². The van der Waals surface area contributed by atoms with E-state index >= 15 is 0 Å². The fourth-order valence-electron chi connectivity index (χ4n) is 6.02. The number of imidazole rings is 1. The first-order chi connectivity index (χ1) is 18.6. The first kappa shape index (κ1) is 21.5. The van der Waals surface area contributed by atoms with E-state index in [1.807, 2.05) is 0 Å². The first-order valence-corrected chi connectivity index (χ1v) is 13.3. The van der Waals surface area contributed by atoms with Crippen LogP contribution in [0.15, 0.2) is 97.1 Å². The highest BCUT2D eigenvalue weighted by Gasteiger charge is 2.28. The van der Waals surface area contributed by atoms with Crippen LogP contribution < -0.4 is 0 Å². The predicted octanol–water partition coefficient (Wildman–Crippen LogP) is 7.68. The van der Waals surface area contributed by atoms with E-state index in [1.165, 1.54) is 11.1 Å². The molecule has 0 atom stereocenters. The summed E-state index contributed by atoms with van der Waals surface area (Å²) in [5.41, 5.74) is 11.6. The summed E-state index contributed by atoms with van der Waals surface area (Å²) in [6.07, 6.45) is 1.93. The molecule has 0 N–H and O–H groups in total. The van der Waals surface area contributed by atoms with E-state index in [-0.39, 0.29) is 5.41 Å². The number of fused-ring (bicyclic) bond motifs is 12. The van der Waals surface area contributed by atoms with Crippen LogP contribution in [-0.2, 0) is 18.3 Å². The van der Waals surface area contributed by atoms with Crippen LogP contribution in [0.1, 0.15) is 36.4 Å². The molecule has 0 aliphatic carbocycles. The molecule has 3 aromatic carbocycles. The summed E-state index contributed by atoms with van der Waals surface area (Å²) < 4.78 is 2.27. The fourth-order valence-corrected chi connectivity index (χ4v) is 6.02. The van der Waals surface area contributed by atoms with Gasteiger partial charge in [0.15, 0.2) is 0 Å². The molecule has 0 saturated carbocycles. The third kappa shape index (κ3) is 3.07. The van der Waals surface area contributed by atoms with Gasteiger partial charge < -0.3 is 0 Å². The van der Waals surface area contributed by atoms with Crippen LogP contribution in [0, 0.1) is 0 Å². The minimum atomic E-state index is -0.377. The van der Waals surface area contributed by atoms with Crippen molar-refractivity contribution in [2.45, 2.75) is 32.1 Å². The Balaban J connectivity index is 1.51. The summed E-state index contributed by atoms with van der Waals surface area (Å²) in [4.78, 5) is 15.6. The molecular weight excluding hydrogens is 464 g/mol. The molecule has 182 valence electrons. The van der Waals surface area contributed by atoms with Crippen molar-refractivity contribution >= 4 is 38.5 Å². The molecule has 1 aliphatic heterocycles. The first-order valence-electron chi connectivity index (χ1n) is 13.3. The third-order valence-electron chi connectivity index (χ3n) is 8.21. The summed E-state index contributed by atoms with van der Waals surface area (Å²) >= 11 is 0. The molecular formula is C34H26N4. The van der Waals surface area contributed by atoms with Gasteiger partial charge in [0.1, 0.15) is 5.65 Å². The maximum absolute atomic E-state index is 5.40. The number of aryl methyl sites for hydroxylation is 2. The van der Waals surface area contributed by atoms with E-state index in [2.05, 4.69) is 115 Å². The SMILES string of the molecule is CC1(C)c2cccc(n2)-c2cccc(c2)CCc2ccc3c(c2)c2nc1ccc2n1c2ccccc2nc31. The average molecular weight is 491 g/mol. The highest BCUT2D eigenvalue weighted by Crippen LogP contribution is 2.36. The topological polar surface area (TPSA) is 43.1 Å². The van der Waals surface area contributed by atoms with Gasteiger partial charge in [-0.05, 0) is 86.3 Å². The number of benzene rings is 3. The predicted molar refractivity (Wildman–Crippen MR) is 155 cm³/mol. The van der Waals surface area contributed by atoms with Crippen LogP contribution in [-0.4, -0.2) is 19.4 Å². The normalized spacial score (nSPS) is 14.6. The molecule has 4 nitrogen and oxygen atoms in total. The van der Waals surface area contributed by atoms with Gasteiger partial charge in [0.2, 0.25) is 0 Å². The van der Waals surface area contributed by atoms with Gasteiger partial charge in [-0.15, -0.1) is 0 Å². The zero-order valence-corrected chi connectivity index (χ0v) is 21.4. The number of hydrogen-bond acceptors (Lipinski definition) is 3. The number of nitrogens with zero attached hydrogens (tertiary/aromatic N) is 4. The van der Waals surface area contributed by atoms with E-state index in [0.29, 0.717) is 0 Å². The Hall–Kier alpha value is -4.57. The molecule has 0 spiro atoms. The third-order valence-corrected chi connectivity index (χ3v) is 8.21. The number of hydrogen-bond donors (Lipinski definition) is 0.